The molecule has 0 atom stereocenters. The maximum absolute atomic E-state index is 11.5. The van der Waals surface area contributed by atoms with E-state index >= 15 is 0 Å². The molecule has 0 spiro atoms. The van der Waals surface area contributed by atoms with E-state index in [2.05, 4.69) is 19.0 Å². The van der Waals surface area contributed by atoms with Crippen molar-refractivity contribution in [1.82, 2.24) is 0 Å². The molecule has 31 heavy (non-hydrogen) atoms. The van der Waals surface area contributed by atoms with Crippen LogP contribution in [0.4, 0.5) is 0 Å². The largest absolute Gasteiger partial charge is 0.496 e. The fourth-order valence-corrected chi connectivity index (χ4v) is 3.18. The minimum absolute atomic E-state index is 0.182. The van der Waals surface area contributed by atoms with Gasteiger partial charge < -0.3 is 18.9 Å². The Morgan fingerprint density at radius 3 is 2.06 bits per heavy atom. The molecule has 0 saturated carbocycles. The van der Waals surface area contributed by atoms with Crippen LogP contribution in [0, 0.1) is 5.92 Å². The molecule has 0 fully saturated rings. The highest BCUT2D eigenvalue weighted by Crippen LogP contribution is 2.46. The van der Waals surface area contributed by atoms with Gasteiger partial charge in [0, 0.05) is 12.0 Å². The Balaban J connectivity index is 2.76. The number of oxime groups is 1. The second-order valence-corrected chi connectivity index (χ2v) is 7.23. The van der Waals surface area contributed by atoms with Crippen LogP contribution in [-0.4, -0.2) is 40.1 Å². The van der Waals surface area contributed by atoms with Gasteiger partial charge in [-0.15, -0.1) is 0 Å². The molecule has 0 heterocycles. The minimum atomic E-state index is -0.513. The summed E-state index contributed by atoms with van der Waals surface area (Å²) in [5.41, 5.74) is 1.20. The molecule has 0 aromatic heterocycles. The normalized spacial score (nSPS) is 11.4. The number of nitrogens with zero attached hydrogens (tertiary/aromatic N) is 1. The van der Waals surface area contributed by atoms with Gasteiger partial charge in [-0.1, -0.05) is 20.8 Å². The van der Waals surface area contributed by atoms with Crippen molar-refractivity contribution in [3.05, 3.63) is 23.8 Å². The number of carbonyl (C=O) groups is 1. The number of benzene rings is 2. The molecule has 0 saturated heterocycles. The molecule has 0 radical (unpaired) electrons. The third kappa shape index (κ3) is 5.51. The van der Waals surface area contributed by atoms with Crippen molar-refractivity contribution in [2.75, 3.05) is 28.4 Å². The van der Waals surface area contributed by atoms with Gasteiger partial charge in [-0.25, -0.2) is 9.68 Å². The number of hydrogen-bond acceptors (Lipinski definition) is 8. The number of rotatable bonds is 11. The smallest absolute Gasteiger partial charge is 0.357 e. The summed E-state index contributed by atoms with van der Waals surface area (Å²) >= 11 is 0. The zero-order valence-corrected chi connectivity index (χ0v) is 19.2. The van der Waals surface area contributed by atoms with Gasteiger partial charge in [0.05, 0.1) is 44.9 Å². The highest BCUT2D eigenvalue weighted by atomic mass is 17.3. The van der Waals surface area contributed by atoms with Crippen molar-refractivity contribution in [2.24, 2.45) is 11.1 Å². The summed E-state index contributed by atoms with van der Waals surface area (Å²) in [5.74, 6) is 2.21. The van der Waals surface area contributed by atoms with Crippen molar-refractivity contribution in [1.29, 1.82) is 0 Å². The molecule has 2 rings (SSSR count). The van der Waals surface area contributed by atoms with Crippen molar-refractivity contribution in [2.45, 2.75) is 40.0 Å². The fourth-order valence-electron chi connectivity index (χ4n) is 3.18. The van der Waals surface area contributed by atoms with Crippen LogP contribution < -0.4 is 18.9 Å². The van der Waals surface area contributed by atoms with Gasteiger partial charge >= 0.3 is 5.97 Å². The highest BCUT2D eigenvalue weighted by Gasteiger charge is 2.24. The SMILES string of the molecule is CCC(=O)OON=C(CCC(C)C)c1cc(OC)c2c(OC)ccc(OC)c2c1OC. The fraction of sp³-hybridized carbons (Fsp3) is 0.478. The first-order chi connectivity index (χ1) is 14.9. The first-order valence-corrected chi connectivity index (χ1v) is 10.1. The lowest BCUT2D eigenvalue weighted by molar-refractivity contribution is -0.272. The second kappa shape index (κ2) is 11.3. The maximum atomic E-state index is 11.5. The van der Waals surface area contributed by atoms with E-state index in [0.717, 1.165) is 6.42 Å². The summed E-state index contributed by atoms with van der Waals surface area (Å²) in [6.07, 6.45) is 1.59. The van der Waals surface area contributed by atoms with E-state index in [0.29, 0.717) is 57.4 Å². The summed E-state index contributed by atoms with van der Waals surface area (Å²) in [7, 11) is 6.32. The predicted molar refractivity (Wildman–Crippen MR) is 118 cm³/mol. The Morgan fingerprint density at radius 1 is 0.935 bits per heavy atom. The van der Waals surface area contributed by atoms with E-state index in [-0.39, 0.29) is 6.42 Å². The molecule has 170 valence electrons. The van der Waals surface area contributed by atoms with Crippen LogP contribution in [0.1, 0.15) is 45.6 Å². The molecule has 0 bridgehead atoms. The van der Waals surface area contributed by atoms with Gasteiger partial charge in [0.1, 0.15) is 23.0 Å². The molecule has 8 heteroatoms. The minimum Gasteiger partial charge on any atom is -0.496 e. The van der Waals surface area contributed by atoms with Crippen LogP contribution in [0.25, 0.3) is 10.8 Å². The Bertz CT molecular complexity index is 937. The van der Waals surface area contributed by atoms with Gasteiger partial charge in [-0.2, -0.15) is 4.99 Å². The standard InChI is InChI=1S/C23H31NO7/c1-8-20(25)30-31-24-16(10-9-14(2)3)15-13-19(28-6)21-17(26-4)11-12-18(27-5)22(21)23(15)29-7/h11-14H,8-10H2,1-7H3. The third-order valence-corrected chi connectivity index (χ3v) is 4.82. The highest BCUT2D eigenvalue weighted by molar-refractivity contribution is 6.12. The topological polar surface area (TPSA) is 84.8 Å². The lowest BCUT2D eigenvalue weighted by Crippen LogP contribution is -2.09. The Hall–Kier alpha value is -3.16. The monoisotopic (exact) mass is 433 g/mol. The summed E-state index contributed by atoms with van der Waals surface area (Å²) in [4.78, 5) is 21.1. The van der Waals surface area contributed by atoms with Crippen molar-refractivity contribution in [3.8, 4) is 23.0 Å². The summed E-state index contributed by atoms with van der Waals surface area (Å²) in [5, 5.41) is 5.51. The van der Waals surface area contributed by atoms with Gasteiger partial charge in [-0.3, -0.25) is 0 Å². The van der Waals surface area contributed by atoms with E-state index in [1.807, 2.05) is 12.1 Å². The van der Waals surface area contributed by atoms with Crippen LogP contribution >= 0.6 is 0 Å². The lowest BCUT2D eigenvalue weighted by atomic mass is 9.95. The average Bonchev–Trinajstić information content (AvgIpc) is 2.78. The maximum Gasteiger partial charge on any atom is 0.357 e. The first kappa shape index (κ1) is 24.1. The summed E-state index contributed by atoms with van der Waals surface area (Å²) in [6.45, 7) is 5.90. The van der Waals surface area contributed by atoms with Gasteiger partial charge in [0.25, 0.3) is 0 Å². The number of hydrogen-bond donors (Lipinski definition) is 0. The lowest BCUT2D eigenvalue weighted by Gasteiger charge is -2.19. The average molecular weight is 434 g/mol. The second-order valence-electron chi connectivity index (χ2n) is 7.23. The summed E-state index contributed by atoms with van der Waals surface area (Å²) in [6, 6.07) is 5.43. The van der Waals surface area contributed by atoms with Crippen LogP contribution in [0.15, 0.2) is 23.4 Å². The number of carbonyl (C=O) groups excluding carboxylic acids is 1. The van der Waals surface area contributed by atoms with Gasteiger partial charge in [0.2, 0.25) is 0 Å². The predicted octanol–water partition coefficient (Wildman–Crippen LogP) is 4.90. The number of methoxy groups -OCH3 is 4. The molecule has 0 aliphatic carbocycles. The van der Waals surface area contributed by atoms with Crippen LogP contribution in [0.2, 0.25) is 0 Å². The summed E-state index contributed by atoms with van der Waals surface area (Å²) < 4.78 is 22.6. The van der Waals surface area contributed by atoms with Crippen molar-refractivity contribution >= 4 is 22.5 Å². The molecule has 2 aromatic rings. The Labute approximate surface area is 182 Å². The molecule has 0 unspecified atom stereocenters. The van der Waals surface area contributed by atoms with Gasteiger partial charge in [-0.05, 0) is 42.1 Å². The molecule has 0 N–H and O–H groups in total. The van der Waals surface area contributed by atoms with Crippen LogP contribution in [0.3, 0.4) is 0 Å². The number of ether oxygens (including phenoxy) is 4. The van der Waals surface area contributed by atoms with Crippen molar-refractivity contribution in [3.63, 3.8) is 0 Å². The zero-order valence-electron chi connectivity index (χ0n) is 19.2. The molecular formula is C23H31NO7. The van der Waals surface area contributed by atoms with E-state index in [1.165, 1.54) is 0 Å². The van der Waals surface area contributed by atoms with E-state index < -0.39 is 5.97 Å². The molecule has 0 aliphatic heterocycles. The zero-order chi connectivity index (χ0) is 23.0. The number of fused-ring (bicyclic) bond motifs is 1. The molecule has 2 aromatic carbocycles. The Morgan fingerprint density at radius 2 is 1.55 bits per heavy atom. The van der Waals surface area contributed by atoms with E-state index in [4.69, 9.17) is 28.8 Å². The van der Waals surface area contributed by atoms with E-state index in [1.54, 1.807) is 41.4 Å². The van der Waals surface area contributed by atoms with Gasteiger partial charge in [0.15, 0.2) is 0 Å². The quantitative estimate of drug-likeness (QED) is 0.283. The van der Waals surface area contributed by atoms with E-state index in [9.17, 15) is 4.79 Å². The first-order valence-electron chi connectivity index (χ1n) is 10.1. The molecule has 8 nitrogen and oxygen atoms in total. The molecule has 0 aliphatic rings. The molecule has 0 amide bonds. The van der Waals surface area contributed by atoms with Crippen LogP contribution in [-0.2, 0) is 14.7 Å². The van der Waals surface area contributed by atoms with Crippen LogP contribution in [0.5, 0.6) is 23.0 Å². The Kier molecular flexibility index (Phi) is 8.78. The van der Waals surface area contributed by atoms with Crippen molar-refractivity contribution < 1.29 is 33.6 Å². The molecular weight excluding hydrogens is 402 g/mol. The third-order valence-electron chi connectivity index (χ3n) is 4.82.